The third-order valence-electron chi connectivity index (χ3n) is 5.14. The summed E-state index contributed by atoms with van der Waals surface area (Å²) in [5, 5.41) is 21.3. The molecule has 0 saturated heterocycles. The molecule has 0 radical (unpaired) electrons. The summed E-state index contributed by atoms with van der Waals surface area (Å²) in [6, 6.07) is 0. The number of carbonyl (C=O) groups is 1. The molecule has 3 saturated carbocycles. The molecule has 0 heterocycles. The molecule has 120 valence electrons. The first-order valence-electron chi connectivity index (χ1n) is 7.18. The summed E-state index contributed by atoms with van der Waals surface area (Å²) in [6.07, 6.45) is 2.52. The van der Waals surface area contributed by atoms with Gasteiger partial charge >= 0.3 is 5.97 Å². The first-order chi connectivity index (χ1) is 9.59. The smallest absolute Gasteiger partial charge is 0.323 e. The highest BCUT2D eigenvalue weighted by atomic mass is 32.2. The Morgan fingerprint density at radius 2 is 1.90 bits per heavy atom. The molecule has 0 amide bonds. The van der Waals surface area contributed by atoms with E-state index in [1.54, 1.807) is 0 Å². The van der Waals surface area contributed by atoms with Crippen LogP contribution >= 0.6 is 0 Å². The van der Waals surface area contributed by atoms with Crippen molar-refractivity contribution < 1.29 is 32.7 Å². The van der Waals surface area contributed by atoms with Crippen molar-refractivity contribution in [2.45, 2.75) is 55.8 Å². The van der Waals surface area contributed by atoms with Crippen LogP contribution in [-0.4, -0.2) is 52.2 Å². The van der Waals surface area contributed by atoms with Gasteiger partial charge in [-0.2, -0.15) is 8.42 Å². The summed E-state index contributed by atoms with van der Waals surface area (Å²) in [5.74, 6) is -2.13. The highest BCUT2D eigenvalue weighted by Crippen LogP contribution is 2.56. The molecule has 3 aliphatic rings. The normalized spacial score (nSPS) is 45.4. The Labute approximate surface area is 123 Å². The maximum absolute atomic E-state index is 11.6. The number of hydrogen-bond acceptors (Lipinski definition) is 6. The van der Waals surface area contributed by atoms with E-state index in [2.05, 4.69) is 0 Å². The molecule has 3 bridgehead atoms. The van der Waals surface area contributed by atoms with Crippen LogP contribution in [0, 0.1) is 11.8 Å². The molecule has 0 spiro atoms. The minimum Gasteiger partial charge on any atom is -0.461 e. The molecule has 3 rings (SSSR count). The second-order valence-corrected chi connectivity index (χ2v) is 8.37. The van der Waals surface area contributed by atoms with Crippen LogP contribution in [0.1, 0.15) is 38.5 Å². The molecule has 3 fully saturated rings. The molecule has 0 aromatic carbocycles. The van der Waals surface area contributed by atoms with E-state index in [9.17, 15) is 23.4 Å². The first kappa shape index (κ1) is 15.2. The van der Waals surface area contributed by atoms with Gasteiger partial charge in [-0.15, -0.1) is 0 Å². The largest absolute Gasteiger partial charge is 0.461 e. The Balaban J connectivity index is 1.78. The fourth-order valence-corrected chi connectivity index (χ4v) is 5.04. The van der Waals surface area contributed by atoms with Crippen LogP contribution in [0.15, 0.2) is 0 Å². The van der Waals surface area contributed by atoms with Gasteiger partial charge < -0.3 is 14.9 Å². The van der Waals surface area contributed by atoms with Crippen molar-refractivity contribution >= 4 is 16.1 Å². The van der Waals surface area contributed by atoms with Crippen molar-refractivity contribution in [1.29, 1.82) is 0 Å². The minimum atomic E-state index is -4.44. The first-order valence-corrected chi connectivity index (χ1v) is 8.79. The Kier molecular flexibility index (Phi) is 3.36. The molecular weight excluding hydrogens is 300 g/mol. The van der Waals surface area contributed by atoms with Crippen LogP contribution in [0.25, 0.3) is 0 Å². The van der Waals surface area contributed by atoms with Gasteiger partial charge in [0.2, 0.25) is 0 Å². The number of hydrogen-bond donors (Lipinski definition) is 3. The average molecular weight is 320 g/mol. The van der Waals surface area contributed by atoms with Crippen LogP contribution in [0.4, 0.5) is 0 Å². The van der Waals surface area contributed by atoms with Crippen molar-refractivity contribution in [2.75, 3.05) is 5.75 Å². The molecule has 3 N–H and O–H groups in total. The molecule has 21 heavy (non-hydrogen) atoms. The van der Waals surface area contributed by atoms with E-state index in [4.69, 9.17) is 9.29 Å². The predicted octanol–water partition coefficient (Wildman–Crippen LogP) is -0.138. The summed E-state index contributed by atoms with van der Waals surface area (Å²) < 4.78 is 35.3. The molecular formula is C13H20O7S. The van der Waals surface area contributed by atoms with Gasteiger partial charge in [-0.05, 0) is 31.6 Å². The van der Waals surface area contributed by atoms with E-state index >= 15 is 0 Å². The second-order valence-electron chi connectivity index (χ2n) is 6.92. The van der Waals surface area contributed by atoms with Crippen LogP contribution in [0.5, 0.6) is 0 Å². The quantitative estimate of drug-likeness (QED) is 0.489. The second kappa shape index (κ2) is 4.65. The molecule has 5 unspecified atom stereocenters. The Bertz CT molecular complexity index is 557. The summed E-state index contributed by atoms with van der Waals surface area (Å²) in [4.78, 5) is 11.6. The highest BCUT2D eigenvalue weighted by molar-refractivity contribution is 7.86. The number of ether oxygens (including phenoxy) is 1. The third kappa shape index (κ3) is 2.94. The molecule has 5 atom stereocenters. The summed E-state index contributed by atoms with van der Waals surface area (Å²) in [5.41, 5.74) is -2.10. The standard InChI is InChI=1S/C13H20O7S/c14-11(6-21(17,18)19)20-10-5-12(15)3-8-1-2-9(10)13(16,4-8)7-12/h8-10,15-16H,1-7H2,(H,17,18,19). The van der Waals surface area contributed by atoms with Gasteiger partial charge in [-0.1, -0.05) is 0 Å². The van der Waals surface area contributed by atoms with E-state index in [1.165, 1.54) is 0 Å². The van der Waals surface area contributed by atoms with Gasteiger partial charge in [-0.3, -0.25) is 9.35 Å². The Morgan fingerprint density at radius 3 is 2.57 bits per heavy atom. The molecule has 7 nitrogen and oxygen atoms in total. The lowest BCUT2D eigenvalue weighted by Gasteiger charge is -2.59. The highest BCUT2D eigenvalue weighted by Gasteiger charge is 2.60. The lowest BCUT2D eigenvalue weighted by Crippen LogP contribution is -2.64. The van der Waals surface area contributed by atoms with Crippen molar-refractivity contribution in [3.05, 3.63) is 0 Å². The van der Waals surface area contributed by atoms with Gasteiger partial charge in [0.05, 0.1) is 11.2 Å². The van der Waals surface area contributed by atoms with Gasteiger partial charge in [0.25, 0.3) is 10.1 Å². The van der Waals surface area contributed by atoms with Crippen molar-refractivity contribution in [1.82, 2.24) is 0 Å². The lowest BCUT2D eigenvalue weighted by atomic mass is 9.52. The van der Waals surface area contributed by atoms with Gasteiger partial charge in [0, 0.05) is 18.8 Å². The maximum Gasteiger partial charge on any atom is 0.323 e. The van der Waals surface area contributed by atoms with Crippen molar-refractivity contribution in [3.8, 4) is 0 Å². The van der Waals surface area contributed by atoms with E-state index in [0.717, 1.165) is 6.42 Å². The van der Waals surface area contributed by atoms with Crippen LogP contribution in [0.3, 0.4) is 0 Å². The maximum atomic E-state index is 11.6. The molecule has 0 aliphatic heterocycles. The van der Waals surface area contributed by atoms with Gasteiger partial charge in [0.15, 0.2) is 5.75 Å². The summed E-state index contributed by atoms with van der Waals surface area (Å²) >= 11 is 0. The topological polar surface area (TPSA) is 121 Å². The number of carbonyl (C=O) groups excluding carboxylic acids is 1. The van der Waals surface area contributed by atoms with Gasteiger partial charge in [0.1, 0.15) is 6.10 Å². The van der Waals surface area contributed by atoms with E-state index in [-0.39, 0.29) is 18.8 Å². The zero-order chi connectivity index (χ0) is 15.5. The molecule has 0 aromatic rings. The van der Waals surface area contributed by atoms with Gasteiger partial charge in [-0.25, -0.2) is 0 Å². The van der Waals surface area contributed by atoms with Crippen molar-refractivity contribution in [2.24, 2.45) is 11.8 Å². The Hall–Kier alpha value is -0.700. The predicted molar refractivity (Wildman–Crippen MR) is 70.9 cm³/mol. The fraction of sp³-hybridized carbons (Fsp3) is 0.923. The average Bonchev–Trinajstić information content (AvgIpc) is 2.21. The Morgan fingerprint density at radius 1 is 1.19 bits per heavy atom. The van der Waals surface area contributed by atoms with E-state index < -0.39 is 39.1 Å². The SMILES string of the molecule is O=C(CS(=O)(=O)O)OC1CC2(O)CC3CCC1C(O)(C3)C2. The fourth-order valence-electron chi connectivity index (χ4n) is 4.67. The monoisotopic (exact) mass is 320 g/mol. The van der Waals surface area contributed by atoms with E-state index in [1.807, 2.05) is 0 Å². The lowest BCUT2D eigenvalue weighted by molar-refractivity contribution is -0.237. The van der Waals surface area contributed by atoms with Crippen LogP contribution < -0.4 is 0 Å². The molecule has 8 heteroatoms. The molecule has 3 aliphatic carbocycles. The molecule has 0 aromatic heterocycles. The third-order valence-corrected chi connectivity index (χ3v) is 5.74. The van der Waals surface area contributed by atoms with E-state index in [0.29, 0.717) is 25.2 Å². The summed E-state index contributed by atoms with van der Waals surface area (Å²) in [6.45, 7) is 0. The minimum absolute atomic E-state index is 0.216. The van der Waals surface area contributed by atoms with Crippen LogP contribution in [0.2, 0.25) is 0 Å². The zero-order valence-electron chi connectivity index (χ0n) is 11.6. The number of esters is 1. The summed E-state index contributed by atoms with van der Waals surface area (Å²) in [7, 11) is -4.44. The number of rotatable bonds is 3. The van der Waals surface area contributed by atoms with Crippen LogP contribution in [-0.2, 0) is 19.6 Å². The zero-order valence-corrected chi connectivity index (χ0v) is 12.4. The number of fused-ring (bicyclic) bond motifs is 2. The van der Waals surface area contributed by atoms with Crippen molar-refractivity contribution in [3.63, 3.8) is 0 Å². The number of aliphatic hydroxyl groups is 2.